The van der Waals surface area contributed by atoms with Crippen LogP contribution >= 0.6 is 0 Å². The molecule has 0 aliphatic heterocycles. The Morgan fingerprint density at radius 2 is 2.15 bits per heavy atom. The number of hydrogen-bond acceptors (Lipinski definition) is 4. The third kappa shape index (κ3) is 2.43. The second-order valence-corrected chi connectivity index (χ2v) is 4.72. The van der Waals surface area contributed by atoms with Crippen molar-refractivity contribution >= 4 is 16.9 Å². The average molecular weight is 268 g/mol. The number of methoxy groups -OCH3 is 1. The highest BCUT2D eigenvalue weighted by atomic mass is 16.5. The molecule has 3 rings (SSSR count). The molecular formula is C16H12O4. The predicted molar refractivity (Wildman–Crippen MR) is 73.4 cm³/mol. The Morgan fingerprint density at radius 3 is 2.85 bits per heavy atom. The molecule has 1 aromatic heterocycles. The van der Waals surface area contributed by atoms with Crippen molar-refractivity contribution in [3.8, 4) is 11.8 Å². The molecule has 1 aliphatic rings. The van der Waals surface area contributed by atoms with Gasteiger partial charge in [-0.1, -0.05) is 11.8 Å². The predicted octanol–water partition coefficient (Wildman–Crippen LogP) is 2.34. The molecule has 1 fully saturated rings. The van der Waals surface area contributed by atoms with E-state index in [-0.39, 0.29) is 11.2 Å². The maximum atomic E-state index is 11.9. The van der Waals surface area contributed by atoms with Gasteiger partial charge in [-0.05, 0) is 31.0 Å². The zero-order valence-electron chi connectivity index (χ0n) is 10.9. The summed E-state index contributed by atoms with van der Waals surface area (Å²) in [7, 11) is 1.24. The highest BCUT2D eigenvalue weighted by Crippen LogP contribution is 2.27. The summed E-state index contributed by atoms with van der Waals surface area (Å²) in [5.74, 6) is 5.92. The van der Waals surface area contributed by atoms with Gasteiger partial charge in [-0.25, -0.2) is 4.79 Å². The smallest absolute Gasteiger partial charge is 0.374 e. The summed E-state index contributed by atoms with van der Waals surface area (Å²) in [4.78, 5) is 23.3. The van der Waals surface area contributed by atoms with Crippen LogP contribution in [0.4, 0.5) is 0 Å². The van der Waals surface area contributed by atoms with E-state index in [1.165, 1.54) is 7.11 Å². The standard InChI is InChI=1S/C16H12O4/c1-19-16(18)15-9-13(17)12-7-6-11(8-14(12)20-15)5-4-10-2-3-10/h6-10H,2-3H2,1H3. The molecule has 4 nitrogen and oxygen atoms in total. The lowest BCUT2D eigenvalue weighted by atomic mass is 10.1. The number of rotatable bonds is 1. The van der Waals surface area contributed by atoms with Crippen LogP contribution in [0.1, 0.15) is 29.0 Å². The van der Waals surface area contributed by atoms with E-state index in [0.29, 0.717) is 16.9 Å². The van der Waals surface area contributed by atoms with E-state index in [9.17, 15) is 9.59 Å². The zero-order valence-corrected chi connectivity index (χ0v) is 10.9. The molecule has 0 unspecified atom stereocenters. The fourth-order valence-electron chi connectivity index (χ4n) is 1.85. The van der Waals surface area contributed by atoms with Crippen molar-refractivity contribution in [1.29, 1.82) is 0 Å². The van der Waals surface area contributed by atoms with Crippen molar-refractivity contribution in [3.05, 3.63) is 45.8 Å². The van der Waals surface area contributed by atoms with Crippen molar-refractivity contribution in [2.75, 3.05) is 7.11 Å². The first-order valence-electron chi connectivity index (χ1n) is 6.35. The second kappa shape index (κ2) is 4.86. The lowest BCUT2D eigenvalue weighted by Crippen LogP contribution is -2.08. The van der Waals surface area contributed by atoms with Crippen molar-refractivity contribution in [2.24, 2.45) is 5.92 Å². The Labute approximate surface area is 115 Å². The Hall–Kier alpha value is -2.54. The normalized spacial score (nSPS) is 13.7. The molecular weight excluding hydrogens is 256 g/mol. The van der Waals surface area contributed by atoms with Crippen molar-refractivity contribution in [3.63, 3.8) is 0 Å². The van der Waals surface area contributed by atoms with E-state index in [1.807, 2.05) is 0 Å². The summed E-state index contributed by atoms with van der Waals surface area (Å²) in [5.41, 5.74) is 0.850. The molecule has 0 saturated heterocycles. The van der Waals surface area contributed by atoms with Crippen LogP contribution in [0.5, 0.6) is 0 Å². The number of hydrogen-bond donors (Lipinski definition) is 0. The summed E-state index contributed by atoms with van der Waals surface area (Å²) in [6, 6.07) is 6.27. The molecule has 0 bridgehead atoms. The molecule has 1 heterocycles. The van der Waals surface area contributed by atoms with E-state index >= 15 is 0 Å². The molecule has 1 aromatic carbocycles. The van der Waals surface area contributed by atoms with E-state index in [4.69, 9.17) is 4.42 Å². The van der Waals surface area contributed by atoms with Crippen molar-refractivity contribution in [1.82, 2.24) is 0 Å². The van der Waals surface area contributed by atoms with Gasteiger partial charge >= 0.3 is 5.97 Å². The molecule has 100 valence electrons. The maximum absolute atomic E-state index is 11.9. The Balaban J connectivity index is 2.09. The Kier molecular flexibility index (Phi) is 3.03. The van der Waals surface area contributed by atoms with Crippen LogP contribution in [0.25, 0.3) is 11.0 Å². The quantitative estimate of drug-likeness (QED) is 0.588. The molecule has 0 spiro atoms. The van der Waals surface area contributed by atoms with Gasteiger partial charge < -0.3 is 9.15 Å². The number of esters is 1. The lowest BCUT2D eigenvalue weighted by molar-refractivity contribution is 0.0565. The summed E-state index contributed by atoms with van der Waals surface area (Å²) in [6.07, 6.45) is 2.31. The minimum absolute atomic E-state index is 0.0997. The minimum Gasteiger partial charge on any atom is -0.463 e. The first-order chi connectivity index (χ1) is 9.67. The topological polar surface area (TPSA) is 56.5 Å². The summed E-state index contributed by atoms with van der Waals surface area (Å²) >= 11 is 0. The largest absolute Gasteiger partial charge is 0.463 e. The molecule has 0 radical (unpaired) electrons. The van der Waals surface area contributed by atoms with E-state index in [2.05, 4.69) is 16.6 Å². The van der Waals surface area contributed by atoms with E-state index in [1.54, 1.807) is 18.2 Å². The van der Waals surface area contributed by atoms with Crippen LogP contribution in [-0.4, -0.2) is 13.1 Å². The highest BCUT2D eigenvalue weighted by Gasteiger charge is 2.17. The SMILES string of the molecule is COC(=O)c1cc(=O)c2ccc(C#CC3CC3)cc2o1. The molecule has 0 atom stereocenters. The number of benzene rings is 1. The Morgan fingerprint density at radius 1 is 1.35 bits per heavy atom. The highest BCUT2D eigenvalue weighted by molar-refractivity contribution is 5.89. The second-order valence-electron chi connectivity index (χ2n) is 4.72. The zero-order chi connectivity index (χ0) is 14.1. The van der Waals surface area contributed by atoms with Crippen molar-refractivity contribution < 1.29 is 13.9 Å². The number of ether oxygens (including phenoxy) is 1. The van der Waals surface area contributed by atoms with Crippen molar-refractivity contribution in [2.45, 2.75) is 12.8 Å². The van der Waals surface area contributed by atoms with Gasteiger partial charge in [0.15, 0.2) is 5.43 Å². The van der Waals surface area contributed by atoms with Gasteiger partial charge in [-0.15, -0.1) is 0 Å². The van der Waals surface area contributed by atoms with E-state index < -0.39 is 5.97 Å². The van der Waals surface area contributed by atoms with Gasteiger partial charge in [0.1, 0.15) is 5.58 Å². The third-order valence-electron chi connectivity index (χ3n) is 3.11. The van der Waals surface area contributed by atoms with Crippen LogP contribution in [0.3, 0.4) is 0 Å². The molecule has 4 heteroatoms. The molecule has 1 saturated carbocycles. The average Bonchev–Trinajstić information content (AvgIpc) is 3.28. The lowest BCUT2D eigenvalue weighted by Gasteiger charge is -2.01. The Bertz CT molecular complexity index is 801. The summed E-state index contributed by atoms with van der Waals surface area (Å²) in [5, 5.41) is 0.426. The molecule has 20 heavy (non-hydrogen) atoms. The summed E-state index contributed by atoms with van der Waals surface area (Å²) < 4.78 is 9.97. The third-order valence-corrected chi connectivity index (χ3v) is 3.11. The van der Waals surface area contributed by atoms with Gasteiger partial charge in [0.05, 0.1) is 12.5 Å². The molecule has 0 amide bonds. The van der Waals surface area contributed by atoms with Gasteiger partial charge in [-0.2, -0.15) is 0 Å². The maximum Gasteiger partial charge on any atom is 0.374 e. The molecule has 0 N–H and O–H groups in total. The van der Waals surface area contributed by atoms with Crippen LogP contribution < -0.4 is 5.43 Å². The van der Waals surface area contributed by atoms with E-state index in [0.717, 1.165) is 24.5 Å². The fraction of sp³-hybridized carbons (Fsp3) is 0.250. The minimum atomic E-state index is -0.668. The van der Waals surface area contributed by atoms with Crippen LogP contribution in [0.15, 0.2) is 33.5 Å². The van der Waals surface area contributed by atoms with Crippen LogP contribution in [-0.2, 0) is 4.74 Å². The number of carbonyl (C=O) groups is 1. The summed E-state index contributed by atoms with van der Waals surface area (Å²) in [6.45, 7) is 0. The van der Waals surface area contributed by atoms with Gasteiger partial charge in [0.2, 0.25) is 5.76 Å². The first-order valence-corrected chi connectivity index (χ1v) is 6.35. The first kappa shape index (κ1) is 12.5. The van der Waals surface area contributed by atoms with Gasteiger partial charge in [0.25, 0.3) is 0 Å². The molecule has 1 aliphatic carbocycles. The van der Waals surface area contributed by atoms with Gasteiger partial charge in [-0.3, -0.25) is 4.79 Å². The van der Waals surface area contributed by atoms with Gasteiger partial charge in [0, 0.05) is 17.5 Å². The number of fused-ring (bicyclic) bond motifs is 1. The monoisotopic (exact) mass is 268 g/mol. The number of carbonyl (C=O) groups excluding carboxylic acids is 1. The van der Waals surface area contributed by atoms with Crippen LogP contribution in [0, 0.1) is 17.8 Å². The fourth-order valence-corrected chi connectivity index (χ4v) is 1.85. The van der Waals surface area contributed by atoms with Crippen LogP contribution in [0.2, 0.25) is 0 Å². The molecule has 2 aromatic rings.